The molecule has 2 aliphatic carbocycles. The van der Waals surface area contributed by atoms with Gasteiger partial charge in [-0.3, -0.25) is 4.79 Å². The van der Waals surface area contributed by atoms with Crippen molar-refractivity contribution >= 4 is 17.5 Å². The van der Waals surface area contributed by atoms with E-state index in [1.807, 2.05) is 0 Å². The number of halogens is 1. The normalized spacial score (nSPS) is 38.0. The zero-order chi connectivity index (χ0) is 12.3. The predicted octanol–water partition coefficient (Wildman–Crippen LogP) is 3.34. The first-order valence-electron chi connectivity index (χ1n) is 7.08. The van der Waals surface area contributed by atoms with Crippen molar-refractivity contribution in [2.24, 2.45) is 17.8 Å². The van der Waals surface area contributed by atoms with Gasteiger partial charge in [-0.05, 0) is 43.9 Å². The summed E-state index contributed by atoms with van der Waals surface area (Å²) >= 11 is 6.16. The molecule has 17 heavy (non-hydrogen) atoms. The number of amides is 1. The Morgan fingerprint density at radius 1 is 1.24 bits per heavy atom. The van der Waals surface area contributed by atoms with Crippen LogP contribution in [0.1, 0.15) is 51.9 Å². The lowest BCUT2D eigenvalue weighted by molar-refractivity contribution is -0.126. The molecule has 0 heterocycles. The zero-order valence-corrected chi connectivity index (χ0v) is 11.5. The van der Waals surface area contributed by atoms with Gasteiger partial charge in [0.2, 0.25) is 5.91 Å². The second-order valence-corrected chi connectivity index (χ2v) is 6.51. The molecule has 2 saturated carbocycles. The van der Waals surface area contributed by atoms with E-state index in [1.54, 1.807) is 0 Å². The van der Waals surface area contributed by atoms with Gasteiger partial charge >= 0.3 is 0 Å². The van der Waals surface area contributed by atoms with E-state index < -0.39 is 0 Å². The summed E-state index contributed by atoms with van der Waals surface area (Å²) in [5, 5.41) is 3.48. The van der Waals surface area contributed by atoms with E-state index in [4.69, 9.17) is 11.6 Å². The Bertz CT molecular complexity index is 269. The van der Waals surface area contributed by atoms with E-state index in [-0.39, 0.29) is 11.8 Å². The van der Waals surface area contributed by atoms with Crippen LogP contribution in [0.4, 0.5) is 0 Å². The molecule has 1 amide bonds. The minimum atomic E-state index is 0.269. The fraction of sp³-hybridized carbons (Fsp3) is 0.929. The van der Waals surface area contributed by atoms with Gasteiger partial charge in [0.25, 0.3) is 0 Å². The largest absolute Gasteiger partial charge is 0.356 e. The van der Waals surface area contributed by atoms with Crippen LogP contribution in [-0.4, -0.2) is 17.8 Å². The van der Waals surface area contributed by atoms with Gasteiger partial charge in [0.05, 0.1) is 0 Å². The van der Waals surface area contributed by atoms with Crippen LogP contribution >= 0.6 is 11.6 Å². The first-order chi connectivity index (χ1) is 8.16. The van der Waals surface area contributed by atoms with E-state index in [0.29, 0.717) is 17.2 Å². The van der Waals surface area contributed by atoms with Crippen molar-refractivity contribution in [2.45, 2.75) is 57.2 Å². The maximum atomic E-state index is 12.0. The van der Waals surface area contributed by atoms with Crippen LogP contribution in [0.3, 0.4) is 0 Å². The molecule has 2 fully saturated rings. The molecule has 1 N–H and O–H groups in total. The highest BCUT2D eigenvalue weighted by atomic mass is 35.5. The van der Waals surface area contributed by atoms with Crippen molar-refractivity contribution in [3.05, 3.63) is 0 Å². The molecule has 4 unspecified atom stereocenters. The summed E-state index contributed by atoms with van der Waals surface area (Å²) in [4.78, 5) is 12.0. The minimum absolute atomic E-state index is 0.269. The van der Waals surface area contributed by atoms with Gasteiger partial charge in [-0.2, -0.15) is 0 Å². The smallest absolute Gasteiger partial charge is 0.223 e. The Hall–Kier alpha value is -0.240. The van der Waals surface area contributed by atoms with Gasteiger partial charge in [-0.1, -0.05) is 19.8 Å². The summed E-state index contributed by atoms with van der Waals surface area (Å²) in [5.41, 5.74) is 0. The highest BCUT2D eigenvalue weighted by Crippen LogP contribution is 2.31. The van der Waals surface area contributed by atoms with E-state index in [2.05, 4.69) is 12.2 Å². The first-order valence-corrected chi connectivity index (χ1v) is 7.52. The van der Waals surface area contributed by atoms with Crippen molar-refractivity contribution in [1.29, 1.82) is 0 Å². The molecule has 4 atom stereocenters. The van der Waals surface area contributed by atoms with Crippen molar-refractivity contribution in [1.82, 2.24) is 5.32 Å². The molecule has 2 nitrogen and oxygen atoms in total. The Balaban J connectivity index is 1.72. The number of carbonyl (C=O) groups is 1. The molecule has 0 aromatic carbocycles. The second kappa shape index (κ2) is 6.08. The topological polar surface area (TPSA) is 29.1 Å². The predicted molar refractivity (Wildman–Crippen MR) is 71.1 cm³/mol. The van der Waals surface area contributed by atoms with Crippen molar-refractivity contribution < 1.29 is 4.79 Å². The first kappa shape index (κ1) is 13.2. The number of carbonyl (C=O) groups excluding carboxylic acids is 1. The second-order valence-electron chi connectivity index (χ2n) is 5.89. The lowest BCUT2D eigenvalue weighted by atomic mass is 9.88. The summed E-state index contributed by atoms with van der Waals surface area (Å²) in [6.45, 7) is 3.04. The number of rotatable bonds is 3. The Morgan fingerprint density at radius 3 is 2.65 bits per heavy atom. The standard InChI is InChI=1S/C14H24ClNO/c1-10-4-2-7-13(10)14(17)16-9-11-5-3-6-12(15)8-11/h10-13H,2-9H2,1H3,(H,16,17). The highest BCUT2D eigenvalue weighted by Gasteiger charge is 2.30. The summed E-state index contributed by atoms with van der Waals surface area (Å²) in [5.74, 6) is 1.73. The number of alkyl halides is 1. The molecule has 0 spiro atoms. The summed E-state index contributed by atoms with van der Waals surface area (Å²) in [7, 11) is 0. The average Bonchev–Trinajstić information content (AvgIpc) is 2.72. The molecule has 2 rings (SSSR count). The number of nitrogens with one attached hydrogen (secondary N) is 1. The molecule has 0 aromatic rings. The van der Waals surface area contributed by atoms with E-state index in [0.717, 1.165) is 25.8 Å². The molecule has 0 aliphatic heterocycles. The minimum Gasteiger partial charge on any atom is -0.356 e. The molecular weight excluding hydrogens is 234 g/mol. The third kappa shape index (κ3) is 3.61. The Morgan fingerprint density at radius 2 is 2.00 bits per heavy atom. The molecular formula is C14H24ClNO. The van der Waals surface area contributed by atoms with Gasteiger partial charge in [-0.25, -0.2) is 0 Å². The maximum absolute atomic E-state index is 12.0. The quantitative estimate of drug-likeness (QED) is 0.772. The third-order valence-corrected chi connectivity index (χ3v) is 4.88. The number of hydrogen-bond acceptors (Lipinski definition) is 1. The van der Waals surface area contributed by atoms with Gasteiger partial charge in [0.1, 0.15) is 0 Å². The average molecular weight is 258 g/mol. The summed E-state index contributed by atoms with van der Waals surface area (Å²) in [6, 6.07) is 0. The van der Waals surface area contributed by atoms with Crippen LogP contribution in [0, 0.1) is 17.8 Å². The van der Waals surface area contributed by atoms with E-state index in [1.165, 1.54) is 25.7 Å². The van der Waals surface area contributed by atoms with Crippen LogP contribution in [0.25, 0.3) is 0 Å². The molecule has 0 radical (unpaired) electrons. The van der Waals surface area contributed by atoms with E-state index in [9.17, 15) is 4.79 Å². The fourth-order valence-electron chi connectivity index (χ4n) is 3.32. The SMILES string of the molecule is CC1CCCC1C(=O)NCC1CCCC(Cl)C1. The van der Waals surface area contributed by atoms with Crippen molar-refractivity contribution in [2.75, 3.05) is 6.54 Å². The Kier molecular flexibility index (Phi) is 4.72. The monoisotopic (exact) mass is 257 g/mol. The lowest BCUT2D eigenvalue weighted by Crippen LogP contribution is -2.36. The van der Waals surface area contributed by atoms with Gasteiger partial charge < -0.3 is 5.32 Å². The van der Waals surface area contributed by atoms with Crippen LogP contribution in [-0.2, 0) is 4.79 Å². The molecule has 2 aliphatic rings. The zero-order valence-electron chi connectivity index (χ0n) is 10.8. The van der Waals surface area contributed by atoms with Crippen molar-refractivity contribution in [3.63, 3.8) is 0 Å². The molecule has 0 bridgehead atoms. The molecule has 98 valence electrons. The van der Waals surface area contributed by atoms with Gasteiger partial charge in [-0.15, -0.1) is 11.6 Å². The van der Waals surface area contributed by atoms with Crippen molar-refractivity contribution in [3.8, 4) is 0 Å². The lowest BCUT2D eigenvalue weighted by Gasteiger charge is -2.26. The van der Waals surface area contributed by atoms with Gasteiger partial charge in [0, 0.05) is 17.8 Å². The third-order valence-electron chi connectivity index (χ3n) is 4.48. The fourth-order valence-corrected chi connectivity index (χ4v) is 3.73. The highest BCUT2D eigenvalue weighted by molar-refractivity contribution is 6.20. The molecule has 0 saturated heterocycles. The van der Waals surface area contributed by atoms with Crippen LogP contribution < -0.4 is 5.32 Å². The molecule has 3 heteroatoms. The summed E-state index contributed by atoms with van der Waals surface area (Å²) < 4.78 is 0. The van der Waals surface area contributed by atoms with E-state index >= 15 is 0 Å². The number of hydrogen-bond donors (Lipinski definition) is 1. The Labute approximate surface area is 109 Å². The maximum Gasteiger partial charge on any atom is 0.223 e. The summed E-state index contributed by atoms with van der Waals surface area (Å²) in [6.07, 6.45) is 8.17. The van der Waals surface area contributed by atoms with Crippen LogP contribution in [0.5, 0.6) is 0 Å². The molecule has 0 aromatic heterocycles. The van der Waals surface area contributed by atoms with Gasteiger partial charge in [0.15, 0.2) is 0 Å². The van der Waals surface area contributed by atoms with Crippen LogP contribution in [0.15, 0.2) is 0 Å². The van der Waals surface area contributed by atoms with Crippen LogP contribution in [0.2, 0.25) is 0 Å².